The summed E-state index contributed by atoms with van der Waals surface area (Å²) in [7, 11) is 0. The van der Waals surface area contributed by atoms with Gasteiger partial charge in [-0.1, -0.05) is 0 Å². The van der Waals surface area contributed by atoms with Crippen LogP contribution in [-0.4, -0.2) is 48.0 Å². The van der Waals surface area contributed by atoms with Gasteiger partial charge in [-0.2, -0.15) is 0 Å². The Morgan fingerprint density at radius 2 is 1.53 bits per heavy atom. The summed E-state index contributed by atoms with van der Waals surface area (Å²) >= 11 is 0. The number of amides is 1. The maximum Gasteiger partial charge on any atom is 0.408 e. The molecule has 0 aliphatic heterocycles. The first-order valence-electron chi connectivity index (χ1n) is 9.05. The van der Waals surface area contributed by atoms with Crippen LogP contribution < -0.4 is 14.8 Å². The van der Waals surface area contributed by atoms with Gasteiger partial charge in [-0.3, -0.25) is 14.4 Å². The Morgan fingerprint density at radius 1 is 0.967 bits per heavy atom. The van der Waals surface area contributed by atoms with Gasteiger partial charge in [0.15, 0.2) is 23.3 Å². The molecule has 30 heavy (non-hydrogen) atoms. The van der Waals surface area contributed by atoms with Crippen molar-refractivity contribution in [2.45, 2.75) is 53.2 Å². The second-order valence-electron chi connectivity index (χ2n) is 7.04. The zero-order valence-electron chi connectivity index (χ0n) is 17.7. The maximum absolute atomic E-state index is 12.9. The molecule has 0 aliphatic rings. The molecule has 0 heterocycles. The first-order chi connectivity index (χ1) is 13.8. The lowest BCUT2D eigenvalue weighted by Gasteiger charge is -2.22. The summed E-state index contributed by atoms with van der Waals surface area (Å²) < 4.78 is 19.9. The Labute approximate surface area is 173 Å². The standard InChI is InChI=1S/C20H25NO9/c1-7-27-18(25)16(21-19(26)30-20(4,5)6)17(24)13-8-9-14(28-11(2)22)15(10-13)29-12(3)23/h8-10,16H,7H2,1-6H3,(H,21,26)/t16-/m0/s1. The molecular weight excluding hydrogens is 398 g/mol. The highest BCUT2D eigenvalue weighted by Crippen LogP contribution is 2.29. The number of benzene rings is 1. The van der Waals surface area contributed by atoms with Crippen LogP contribution >= 0.6 is 0 Å². The molecule has 0 radical (unpaired) electrons. The van der Waals surface area contributed by atoms with Gasteiger partial charge in [-0.25, -0.2) is 9.59 Å². The van der Waals surface area contributed by atoms with Crippen molar-refractivity contribution in [1.29, 1.82) is 0 Å². The second kappa shape index (κ2) is 10.4. The van der Waals surface area contributed by atoms with Crippen LogP contribution in [0.25, 0.3) is 0 Å². The summed E-state index contributed by atoms with van der Waals surface area (Å²) in [6.45, 7) is 8.64. The van der Waals surface area contributed by atoms with E-state index in [1.165, 1.54) is 12.1 Å². The number of hydrogen-bond acceptors (Lipinski definition) is 9. The number of alkyl carbamates (subject to hydrolysis) is 1. The Bertz CT molecular complexity index is 839. The molecule has 0 saturated carbocycles. The number of carbonyl (C=O) groups excluding carboxylic acids is 5. The van der Waals surface area contributed by atoms with Gasteiger partial charge in [-0.15, -0.1) is 0 Å². The largest absolute Gasteiger partial charge is 0.464 e. The van der Waals surface area contributed by atoms with Crippen LogP contribution in [0.3, 0.4) is 0 Å². The van der Waals surface area contributed by atoms with E-state index < -0.39 is 41.4 Å². The van der Waals surface area contributed by atoms with E-state index in [1.54, 1.807) is 27.7 Å². The average molecular weight is 423 g/mol. The Balaban J connectivity index is 3.26. The van der Waals surface area contributed by atoms with Gasteiger partial charge in [0, 0.05) is 19.4 Å². The van der Waals surface area contributed by atoms with Gasteiger partial charge in [0.1, 0.15) is 5.60 Å². The molecule has 1 rings (SSSR count). The Morgan fingerprint density at radius 3 is 2.03 bits per heavy atom. The molecule has 0 spiro atoms. The van der Waals surface area contributed by atoms with Gasteiger partial charge in [0.25, 0.3) is 0 Å². The lowest BCUT2D eigenvalue weighted by molar-refractivity contribution is -0.144. The van der Waals surface area contributed by atoms with Crippen molar-refractivity contribution in [3.8, 4) is 11.5 Å². The molecule has 1 aromatic carbocycles. The van der Waals surface area contributed by atoms with Crippen LogP contribution in [0.15, 0.2) is 18.2 Å². The summed E-state index contributed by atoms with van der Waals surface area (Å²) in [5.74, 6) is -3.53. The SMILES string of the molecule is CCOC(=O)[C@@H](NC(=O)OC(C)(C)C)C(=O)c1ccc(OC(C)=O)c(OC(C)=O)c1. The molecule has 0 aliphatic carbocycles. The van der Waals surface area contributed by atoms with Crippen molar-refractivity contribution in [2.75, 3.05) is 6.61 Å². The van der Waals surface area contributed by atoms with Gasteiger partial charge >= 0.3 is 24.0 Å². The smallest absolute Gasteiger partial charge is 0.408 e. The average Bonchev–Trinajstić information content (AvgIpc) is 2.58. The molecule has 164 valence electrons. The number of carbonyl (C=O) groups is 5. The minimum Gasteiger partial charge on any atom is -0.464 e. The number of Topliss-reactive ketones (excluding diaryl/α,β-unsaturated/α-hetero) is 1. The van der Waals surface area contributed by atoms with Crippen LogP contribution in [0.4, 0.5) is 4.79 Å². The van der Waals surface area contributed by atoms with E-state index in [1.807, 2.05) is 0 Å². The van der Waals surface area contributed by atoms with E-state index >= 15 is 0 Å². The van der Waals surface area contributed by atoms with Crippen molar-refractivity contribution in [3.05, 3.63) is 23.8 Å². The fourth-order valence-corrected chi connectivity index (χ4v) is 2.18. The molecule has 0 aromatic heterocycles. The number of ketones is 1. The van der Waals surface area contributed by atoms with Crippen LogP contribution in [0, 0.1) is 0 Å². The third-order valence-electron chi connectivity index (χ3n) is 3.18. The zero-order chi connectivity index (χ0) is 23.1. The summed E-state index contributed by atoms with van der Waals surface area (Å²) in [6.07, 6.45) is -0.995. The van der Waals surface area contributed by atoms with E-state index in [0.29, 0.717) is 0 Å². The highest BCUT2D eigenvalue weighted by atomic mass is 16.6. The van der Waals surface area contributed by atoms with Gasteiger partial charge in [-0.05, 0) is 45.9 Å². The minimum atomic E-state index is -1.70. The van der Waals surface area contributed by atoms with E-state index in [0.717, 1.165) is 19.9 Å². The zero-order valence-corrected chi connectivity index (χ0v) is 17.7. The third-order valence-corrected chi connectivity index (χ3v) is 3.18. The second-order valence-corrected chi connectivity index (χ2v) is 7.04. The van der Waals surface area contributed by atoms with Crippen LogP contribution in [0.2, 0.25) is 0 Å². The summed E-state index contributed by atoms with van der Waals surface area (Å²) in [6, 6.07) is 1.88. The summed E-state index contributed by atoms with van der Waals surface area (Å²) in [4.78, 5) is 59.8. The van der Waals surface area contributed by atoms with Crippen LogP contribution in [0.5, 0.6) is 11.5 Å². The molecule has 0 unspecified atom stereocenters. The monoisotopic (exact) mass is 423 g/mol. The van der Waals surface area contributed by atoms with Crippen LogP contribution in [-0.2, 0) is 23.9 Å². The lowest BCUT2D eigenvalue weighted by atomic mass is 10.0. The van der Waals surface area contributed by atoms with Crippen molar-refractivity contribution in [2.24, 2.45) is 0 Å². The summed E-state index contributed by atoms with van der Waals surface area (Å²) in [5.41, 5.74) is -0.961. The van der Waals surface area contributed by atoms with Crippen molar-refractivity contribution in [1.82, 2.24) is 5.32 Å². The fraction of sp³-hybridized carbons (Fsp3) is 0.450. The van der Waals surface area contributed by atoms with Crippen LogP contribution in [0.1, 0.15) is 51.9 Å². The normalized spacial score (nSPS) is 11.7. The molecule has 1 atom stereocenters. The van der Waals surface area contributed by atoms with E-state index in [-0.39, 0.29) is 23.7 Å². The Kier molecular flexibility index (Phi) is 8.51. The fourth-order valence-electron chi connectivity index (χ4n) is 2.18. The number of esters is 3. The molecule has 10 nitrogen and oxygen atoms in total. The molecule has 1 N–H and O–H groups in total. The minimum absolute atomic E-state index is 0.0251. The molecule has 10 heteroatoms. The molecule has 0 bridgehead atoms. The van der Waals surface area contributed by atoms with E-state index in [9.17, 15) is 24.0 Å². The molecule has 1 aromatic rings. The summed E-state index contributed by atoms with van der Waals surface area (Å²) in [5, 5.41) is 2.19. The maximum atomic E-state index is 12.9. The first kappa shape index (κ1) is 24.6. The van der Waals surface area contributed by atoms with E-state index in [2.05, 4.69) is 5.32 Å². The molecule has 0 fully saturated rings. The topological polar surface area (TPSA) is 134 Å². The third kappa shape index (κ3) is 7.90. The predicted octanol–water partition coefficient (Wildman–Crippen LogP) is 2.18. The Hall–Kier alpha value is -3.43. The number of nitrogens with one attached hydrogen (secondary N) is 1. The van der Waals surface area contributed by atoms with Gasteiger partial charge in [0.2, 0.25) is 0 Å². The predicted molar refractivity (Wildman–Crippen MR) is 103 cm³/mol. The van der Waals surface area contributed by atoms with Crippen molar-refractivity contribution in [3.63, 3.8) is 0 Å². The highest BCUT2D eigenvalue weighted by molar-refractivity contribution is 6.13. The quantitative estimate of drug-likeness (QED) is 0.303. The first-order valence-corrected chi connectivity index (χ1v) is 9.05. The van der Waals surface area contributed by atoms with Crippen molar-refractivity contribution < 1.29 is 42.9 Å². The van der Waals surface area contributed by atoms with Gasteiger partial charge < -0.3 is 24.3 Å². The highest BCUT2D eigenvalue weighted by Gasteiger charge is 2.33. The van der Waals surface area contributed by atoms with Gasteiger partial charge in [0.05, 0.1) is 6.61 Å². The number of ether oxygens (including phenoxy) is 4. The number of hydrogen-bond donors (Lipinski definition) is 1. The molecule has 0 saturated heterocycles. The van der Waals surface area contributed by atoms with Crippen molar-refractivity contribution >= 4 is 29.8 Å². The molecule has 1 amide bonds. The van der Waals surface area contributed by atoms with E-state index in [4.69, 9.17) is 18.9 Å². The number of rotatable bonds is 7. The lowest BCUT2D eigenvalue weighted by Crippen LogP contribution is -2.49. The molecular formula is C20H25NO9.